The van der Waals surface area contributed by atoms with Crippen LogP contribution in [-0.4, -0.2) is 35.5 Å². The highest BCUT2D eigenvalue weighted by atomic mass is 16.2. The Balaban J connectivity index is 1.99. The van der Waals surface area contributed by atoms with Gasteiger partial charge >= 0.3 is 0 Å². The lowest BCUT2D eigenvalue weighted by Crippen LogP contribution is -2.31. The van der Waals surface area contributed by atoms with Gasteiger partial charge in [0.2, 0.25) is 5.91 Å². The molecule has 104 valence electrons. The highest BCUT2D eigenvalue weighted by Crippen LogP contribution is 2.21. The Bertz CT molecular complexity index is 445. The maximum absolute atomic E-state index is 11.7. The van der Waals surface area contributed by atoms with Crippen LogP contribution in [-0.2, 0) is 11.2 Å². The molecule has 2 rings (SSSR count). The molecule has 1 saturated carbocycles. The Morgan fingerprint density at radius 2 is 2.11 bits per heavy atom. The summed E-state index contributed by atoms with van der Waals surface area (Å²) in [6, 6.07) is 0.391. The fourth-order valence-electron chi connectivity index (χ4n) is 1.94. The van der Waals surface area contributed by atoms with Crippen LogP contribution >= 0.6 is 0 Å². The summed E-state index contributed by atoms with van der Waals surface area (Å²) in [6.45, 7) is 2.36. The minimum absolute atomic E-state index is 0.0227. The summed E-state index contributed by atoms with van der Waals surface area (Å²) >= 11 is 0. The molecule has 0 atom stereocenters. The van der Waals surface area contributed by atoms with Gasteiger partial charge in [-0.05, 0) is 19.3 Å². The summed E-state index contributed by atoms with van der Waals surface area (Å²) in [4.78, 5) is 20.1. The number of nitrogens with zero attached hydrogens (tertiary/aromatic N) is 2. The fourth-order valence-corrected chi connectivity index (χ4v) is 1.94. The molecule has 1 aliphatic carbocycles. The van der Waals surface area contributed by atoms with E-state index in [1.165, 1.54) is 6.33 Å². The molecule has 0 saturated heterocycles. The quantitative estimate of drug-likeness (QED) is 0.688. The predicted octanol–water partition coefficient (Wildman–Crippen LogP) is 1.16. The first kappa shape index (κ1) is 13.6. The zero-order valence-corrected chi connectivity index (χ0v) is 11.5. The molecule has 1 amide bonds. The zero-order chi connectivity index (χ0) is 13.7. The lowest BCUT2D eigenvalue weighted by atomic mass is 10.1. The third-order valence-electron chi connectivity index (χ3n) is 3.04. The molecule has 19 heavy (non-hydrogen) atoms. The number of amides is 1. The van der Waals surface area contributed by atoms with Crippen LogP contribution < -0.4 is 16.0 Å². The van der Waals surface area contributed by atoms with Crippen molar-refractivity contribution in [3.8, 4) is 0 Å². The molecule has 1 aromatic heterocycles. The molecular formula is C13H21N5O. The van der Waals surface area contributed by atoms with Crippen molar-refractivity contribution in [2.45, 2.75) is 38.6 Å². The summed E-state index contributed by atoms with van der Waals surface area (Å²) in [5.41, 5.74) is 1.03. The normalized spacial score (nSPS) is 14.0. The molecule has 0 aliphatic heterocycles. The Kier molecular flexibility index (Phi) is 4.54. The van der Waals surface area contributed by atoms with Crippen LogP contribution in [0.4, 0.5) is 11.6 Å². The number of nitrogens with one attached hydrogen (secondary N) is 3. The first-order chi connectivity index (χ1) is 9.24. The van der Waals surface area contributed by atoms with E-state index < -0.39 is 0 Å². The molecular weight excluding hydrogens is 242 g/mol. The highest BCUT2D eigenvalue weighted by Gasteiger charge is 2.23. The van der Waals surface area contributed by atoms with Crippen molar-refractivity contribution in [2.24, 2.45) is 0 Å². The minimum atomic E-state index is 0.0227. The van der Waals surface area contributed by atoms with Gasteiger partial charge in [-0.25, -0.2) is 9.97 Å². The van der Waals surface area contributed by atoms with Gasteiger partial charge in [-0.2, -0.15) is 0 Å². The Hall–Kier alpha value is -1.85. The zero-order valence-electron chi connectivity index (χ0n) is 11.5. The number of rotatable bonds is 7. The summed E-state index contributed by atoms with van der Waals surface area (Å²) in [5.74, 6) is 1.59. The van der Waals surface area contributed by atoms with E-state index in [1.807, 2.05) is 7.05 Å². The van der Waals surface area contributed by atoms with E-state index in [0.717, 1.165) is 42.9 Å². The van der Waals surface area contributed by atoms with Crippen molar-refractivity contribution in [1.29, 1.82) is 0 Å². The Morgan fingerprint density at radius 1 is 1.37 bits per heavy atom. The monoisotopic (exact) mass is 263 g/mol. The number of aromatic nitrogens is 2. The largest absolute Gasteiger partial charge is 0.373 e. The van der Waals surface area contributed by atoms with E-state index in [9.17, 15) is 4.79 Å². The fraction of sp³-hybridized carbons (Fsp3) is 0.615. The average Bonchev–Trinajstić information content (AvgIpc) is 3.21. The third kappa shape index (κ3) is 3.81. The van der Waals surface area contributed by atoms with Crippen LogP contribution in [0.1, 0.15) is 31.7 Å². The van der Waals surface area contributed by atoms with E-state index >= 15 is 0 Å². The molecule has 0 unspecified atom stereocenters. The van der Waals surface area contributed by atoms with Gasteiger partial charge in [-0.3, -0.25) is 4.79 Å². The maximum Gasteiger partial charge on any atom is 0.239 e. The van der Waals surface area contributed by atoms with E-state index in [1.54, 1.807) is 0 Å². The van der Waals surface area contributed by atoms with E-state index in [4.69, 9.17) is 0 Å². The molecule has 3 N–H and O–H groups in total. The maximum atomic E-state index is 11.7. The van der Waals surface area contributed by atoms with Crippen LogP contribution in [0.15, 0.2) is 6.33 Å². The van der Waals surface area contributed by atoms with Crippen molar-refractivity contribution in [2.75, 3.05) is 24.2 Å². The van der Waals surface area contributed by atoms with E-state index in [2.05, 4.69) is 32.8 Å². The number of hydrogen-bond acceptors (Lipinski definition) is 5. The van der Waals surface area contributed by atoms with Gasteiger partial charge in [0.15, 0.2) is 0 Å². The Labute approximate surface area is 113 Å². The van der Waals surface area contributed by atoms with Gasteiger partial charge in [0.05, 0.1) is 6.54 Å². The van der Waals surface area contributed by atoms with Crippen LogP contribution in [0.25, 0.3) is 0 Å². The van der Waals surface area contributed by atoms with Crippen molar-refractivity contribution < 1.29 is 4.79 Å². The van der Waals surface area contributed by atoms with Gasteiger partial charge < -0.3 is 16.0 Å². The first-order valence-electron chi connectivity index (χ1n) is 6.79. The van der Waals surface area contributed by atoms with Gasteiger partial charge in [0.25, 0.3) is 0 Å². The topological polar surface area (TPSA) is 78.9 Å². The third-order valence-corrected chi connectivity index (χ3v) is 3.04. The highest BCUT2D eigenvalue weighted by molar-refractivity contribution is 5.81. The lowest BCUT2D eigenvalue weighted by Gasteiger charge is -2.13. The predicted molar refractivity (Wildman–Crippen MR) is 75.2 cm³/mol. The number of anilines is 2. The lowest BCUT2D eigenvalue weighted by molar-refractivity contribution is -0.119. The number of carbonyl (C=O) groups excluding carboxylic acids is 1. The first-order valence-corrected chi connectivity index (χ1v) is 6.79. The van der Waals surface area contributed by atoms with Crippen LogP contribution in [0.2, 0.25) is 0 Å². The smallest absolute Gasteiger partial charge is 0.239 e. The SMILES string of the molecule is CCCc1c(NC)ncnc1NCC(=O)NC1CC1. The van der Waals surface area contributed by atoms with E-state index in [0.29, 0.717) is 6.04 Å². The molecule has 1 aliphatic rings. The number of hydrogen-bond donors (Lipinski definition) is 3. The molecule has 1 fully saturated rings. The average molecular weight is 263 g/mol. The molecule has 0 radical (unpaired) electrons. The van der Waals surface area contributed by atoms with Crippen LogP contribution in [0.3, 0.4) is 0 Å². The second-order valence-corrected chi connectivity index (χ2v) is 4.74. The summed E-state index contributed by atoms with van der Waals surface area (Å²) in [7, 11) is 1.84. The molecule has 6 heteroatoms. The molecule has 1 heterocycles. The second-order valence-electron chi connectivity index (χ2n) is 4.74. The minimum Gasteiger partial charge on any atom is -0.373 e. The molecule has 6 nitrogen and oxygen atoms in total. The molecule has 0 bridgehead atoms. The van der Waals surface area contributed by atoms with Gasteiger partial charge in [-0.15, -0.1) is 0 Å². The summed E-state index contributed by atoms with van der Waals surface area (Å²) < 4.78 is 0. The standard InChI is InChI=1S/C13H21N5O/c1-3-4-10-12(14-2)16-8-17-13(10)15-7-11(19)18-9-5-6-9/h8-9H,3-7H2,1-2H3,(H,18,19)(H2,14,15,16,17). The second kappa shape index (κ2) is 6.36. The van der Waals surface area contributed by atoms with Gasteiger partial charge in [0.1, 0.15) is 18.0 Å². The summed E-state index contributed by atoms with van der Waals surface area (Å²) in [5, 5.41) is 9.11. The van der Waals surface area contributed by atoms with Crippen LogP contribution in [0.5, 0.6) is 0 Å². The van der Waals surface area contributed by atoms with Crippen molar-refractivity contribution in [3.05, 3.63) is 11.9 Å². The van der Waals surface area contributed by atoms with Crippen molar-refractivity contribution in [1.82, 2.24) is 15.3 Å². The van der Waals surface area contributed by atoms with Gasteiger partial charge in [-0.1, -0.05) is 13.3 Å². The molecule has 0 spiro atoms. The van der Waals surface area contributed by atoms with E-state index in [-0.39, 0.29) is 12.5 Å². The van der Waals surface area contributed by atoms with Crippen molar-refractivity contribution in [3.63, 3.8) is 0 Å². The van der Waals surface area contributed by atoms with Crippen LogP contribution in [0, 0.1) is 0 Å². The number of carbonyl (C=O) groups is 1. The van der Waals surface area contributed by atoms with Crippen molar-refractivity contribution >= 4 is 17.5 Å². The molecule has 1 aromatic rings. The van der Waals surface area contributed by atoms with Gasteiger partial charge in [0, 0.05) is 18.7 Å². The Morgan fingerprint density at radius 3 is 2.74 bits per heavy atom. The molecule has 0 aromatic carbocycles. The summed E-state index contributed by atoms with van der Waals surface area (Å²) in [6.07, 6.45) is 5.59.